The Balaban J connectivity index is 1.82. The summed E-state index contributed by atoms with van der Waals surface area (Å²) in [4.78, 5) is 13.1. The van der Waals surface area contributed by atoms with Gasteiger partial charge in [0.25, 0.3) is 15.9 Å². The van der Waals surface area contributed by atoms with Crippen LogP contribution in [0.2, 0.25) is 5.02 Å². The zero-order valence-electron chi connectivity index (χ0n) is 18.1. The topological polar surface area (TPSA) is 84.5 Å². The molecule has 32 heavy (non-hydrogen) atoms. The van der Waals surface area contributed by atoms with E-state index < -0.39 is 15.9 Å². The van der Waals surface area contributed by atoms with Gasteiger partial charge >= 0.3 is 0 Å². The number of anilines is 1. The van der Waals surface area contributed by atoms with Gasteiger partial charge in [0.1, 0.15) is 5.75 Å². The van der Waals surface area contributed by atoms with Gasteiger partial charge in [0.2, 0.25) is 0 Å². The standard InChI is InChI=1S/C24H25ClN2O4S/c1-4-22(17-10-13-23(31-3)16(2)14-17)26-24(28)20-15-18(11-12-21(20)25)27-32(29,30)19-8-6-5-7-9-19/h5-15,22,27H,4H2,1-3H3,(H,26,28)/t22-/m1/s1. The molecule has 0 aliphatic carbocycles. The highest BCUT2D eigenvalue weighted by Crippen LogP contribution is 2.27. The lowest BCUT2D eigenvalue weighted by molar-refractivity contribution is 0.0935. The smallest absolute Gasteiger partial charge is 0.261 e. The lowest BCUT2D eigenvalue weighted by atomic mass is 10.0. The van der Waals surface area contributed by atoms with E-state index in [1.165, 1.54) is 30.3 Å². The third kappa shape index (κ3) is 5.41. The Morgan fingerprint density at radius 2 is 1.78 bits per heavy atom. The van der Waals surface area contributed by atoms with Crippen LogP contribution in [0.1, 0.15) is 40.9 Å². The summed E-state index contributed by atoms with van der Waals surface area (Å²) in [6.07, 6.45) is 0.662. The zero-order chi connectivity index (χ0) is 23.3. The van der Waals surface area contributed by atoms with E-state index in [1.807, 2.05) is 32.0 Å². The zero-order valence-corrected chi connectivity index (χ0v) is 19.6. The lowest BCUT2D eigenvalue weighted by Gasteiger charge is -2.19. The molecule has 1 amide bonds. The molecule has 3 aromatic rings. The van der Waals surface area contributed by atoms with E-state index in [2.05, 4.69) is 10.0 Å². The number of methoxy groups -OCH3 is 1. The second-order valence-corrected chi connectivity index (χ2v) is 9.37. The molecule has 3 rings (SSSR count). The summed E-state index contributed by atoms with van der Waals surface area (Å²) in [5.74, 6) is 0.382. The predicted octanol–water partition coefficient (Wildman–Crippen LogP) is 5.34. The van der Waals surface area contributed by atoms with Gasteiger partial charge in [-0.1, -0.05) is 48.9 Å². The van der Waals surface area contributed by atoms with Crippen LogP contribution in [0.3, 0.4) is 0 Å². The Bertz CT molecular complexity index is 1210. The van der Waals surface area contributed by atoms with Crippen LogP contribution in [0.4, 0.5) is 5.69 Å². The molecule has 8 heteroatoms. The van der Waals surface area contributed by atoms with Crippen molar-refractivity contribution in [2.24, 2.45) is 0 Å². The van der Waals surface area contributed by atoms with E-state index in [-0.39, 0.29) is 27.2 Å². The van der Waals surface area contributed by atoms with E-state index in [0.29, 0.717) is 6.42 Å². The van der Waals surface area contributed by atoms with Crippen LogP contribution >= 0.6 is 11.6 Å². The molecule has 0 bridgehead atoms. The highest BCUT2D eigenvalue weighted by Gasteiger charge is 2.19. The van der Waals surface area contributed by atoms with Crippen molar-refractivity contribution in [3.63, 3.8) is 0 Å². The molecular weight excluding hydrogens is 448 g/mol. The van der Waals surface area contributed by atoms with Gasteiger partial charge in [0.15, 0.2) is 0 Å². The maximum absolute atomic E-state index is 13.0. The highest BCUT2D eigenvalue weighted by molar-refractivity contribution is 7.92. The van der Waals surface area contributed by atoms with Crippen molar-refractivity contribution in [3.8, 4) is 5.75 Å². The van der Waals surface area contributed by atoms with Gasteiger partial charge in [-0.3, -0.25) is 9.52 Å². The van der Waals surface area contributed by atoms with Crippen molar-refractivity contribution in [3.05, 3.63) is 88.4 Å². The fraction of sp³-hybridized carbons (Fsp3) is 0.208. The minimum absolute atomic E-state index is 0.127. The van der Waals surface area contributed by atoms with Crippen molar-refractivity contribution in [1.82, 2.24) is 5.32 Å². The van der Waals surface area contributed by atoms with E-state index in [9.17, 15) is 13.2 Å². The quantitative estimate of drug-likeness (QED) is 0.463. The molecular formula is C24H25ClN2O4S. The number of rotatable bonds is 8. The van der Waals surface area contributed by atoms with Crippen molar-refractivity contribution >= 4 is 33.2 Å². The lowest BCUT2D eigenvalue weighted by Crippen LogP contribution is -2.28. The van der Waals surface area contributed by atoms with Gasteiger partial charge in [-0.2, -0.15) is 0 Å². The van der Waals surface area contributed by atoms with Crippen LogP contribution in [0, 0.1) is 6.92 Å². The van der Waals surface area contributed by atoms with Gasteiger partial charge in [0, 0.05) is 5.69 Å². The molecule has 0 aromatic heterocycles. The average Bonchev–Trinajstić information content (AvgIpc) is 2.79. The van der Waals surface area contributed by atoms with E-state index in [0.717, 1.165) is 16.9 Å². The van der Waals surface area contributed by atoms with Crippen LogP contribution in [-0.2, 0) is 10.0 Å². The maximum Gasteiger partial charge on any atom is 0.261 e. The summed E-state index contributed by atoms with van der Waals surface area (Å²) in [5.41, 5.74) is 2.34. The number of sulfonamides is 1. The molecule has 2 N–H and O–H groups in total. The molecule has 0 radical (unpaired) electrons. The Morgan fingerprint density at radius 3 is 2.41 bits per heavy atom. The highest BCUT2D eigenvalue weighted by atomic mass is 35.5. The summed E-state index contributed by atoms with van der Waals surface area (Å²) in [7, 11) is -2.17. The largest absolute Gasteiger partial charge is 0.496 e. The first-order chi connectivity index (χ1) is 15.2. The fourth-order valence-electron chi connectivity index (χ4n) is 3.35. The van der Waals surface area contributed by atoms with E-state index in [4.69, 9.17) is 16.3 Å². The first kappa shape index (κ1) is 23.6. The molecule has 0 aliphatic rings. The second kappa shape index (κ2) is 10.1. The number of carbonyl (C=O) groups is 1. The molecule has 0 saturated carbocycles. The molecule has 0 unspecified atom stereocenters. The number of ether oxygens (including phenoxy) is 1. The van der Waals surface area contributed by atoms with E-state index >= 15 is 0 Å². The first-order valence-corrected chi connectivity index (χ1v) is 11.9. The normalized spacial score (nSPS) is 12.1. The SMILES string of the molecule is CC[C@@H](NC(=O)c1cc(NS(=O)(=O)c2ccccc2)ccc1Cl)c1ccc(OC)c(C)c1. The van der Waals surface area contributed by atoms with Gasteiger partial charge in [0.05, 0.1) is 28.6 Å². The van der Waals surface area contributed by atoms with Crippen LogP contribution in [-0.4, -0.2) is 21.4 Å². The fourth-order valence-corrected chi connectivity index (χ4v) is 4.63. The van der Waals surface area contributed by atoms with Gasteiger partial charge in [-0.15, -0.1) is 0 Å². The number of aryl methyl sites for hydroxylation is 1. The third-order valence-electron chi connectivity index (χ3n) is 5.05. The molecule has 1 atom stereocenters. The van der Waals surface area contributed by atoms with Gasteiger partial charge in [-0.25, -0.2) is 8.42 Å². The Labute approximate surface area is 193 Å². The molecule has 0 saturated heterocycles. The van der Waals surface area contributed by atoms with Crippen LogP contribution < -0.4 is 14.8 Å². The maximum atomic E-state index is 13.0. The van der Waals surface area contributed by atoms with E-state index in [1.54, 1.807) is 25.3 Å². The first-order valence-electron chi connectivity index (χ1n) is 10.1. The molecule has 0 fully saturated rings. The van der Waals surface area contributed by atoms with Crippen molar-refractivity contribution in [1.29, 1.82) is 0 Å². The average molecular weight is 473 g/mol. The van der Waals surface area contributed by atoms with Crippen molar-refractivity contribution < 1.29 is 17.9 Å². The van der Waals surface area contributed by atoms with Gasteiger partial charge < -0.3 is 10.1 Å². The minimum Gasteiger partial charge on any atom is -0.496 e. The molecule has 6 nitrogen and oxygen atoms in total. The number of nitrogens with one attached hydrogen (secondary N) is 2. The summed E-state index contributed by atoms with van der Waals surface area (Å²) in [6.45, 7) is 3.91. The van der Waals surface area contributed by atoms with Crippen LogP contribution in [0.5, 0.6) is 5.75 Å². The molecule has 0 aliphatic heterocycles. The Morgan fingerprint density at radius 1 is 1.06 bits per heavy atom. The van der Waals surface area contributed by atoms with Gasteiger partial charge in [-0.05, 0) is 60.9 Å². The molecule has 3 aromatic carbocycles. The predicted molar refractivity (Wildman–Crippen MR) is 127 cm³/mol. The summed E-state index contributed by atoms with van der Waals surface area (Å²) < 4.78 is 33.0. The number of hydrogen-bond donors (Lipinski definition) is 2. The van der Waals surface area contributed by atoms with Crippen molar-refractivity contribution in [2.75, 3.05) is 11.8 Å². The second-order valence-electron chi connectivity index (χ2n) is 7.28. The summed E-state index contributed by atoms with van der Waals surface area (Å²) in [5, 5.41) is 3.21. The Kier molecular flexibility index (Phi) is 7.43. The minimum atomic E-state index is -3.79. The number of halogens is 1. The van der Waals surface area contributed by atoms with Crippen molar-refractivity contribution in [2.45, 2.75) is 31.2 Å². The van der Waals surface area contributed by atoms with Crippen LogP contribution in [0.15, 0.2) is 71.6 Å². The Hall–Kier alpha value is -3.03. The molecule has 168 valence electrons. The summed E-state index contributed by atoms with van der Waals surface area (Å²) >= 11 is 6.26. The number of carbonyl (C=O) groups excluding carboxylic acids is 1. The third-order valence-corrected chi connectivity index (χ3v) is 6.78. The number of hydrogen-bond acceptors (Lipinski definition) is 4. The number of benzene rings is 3. The monoisotopic (exact) mass is 472 g/mol. The molecule has 0 heterocycles. The van der Waals surface area contributed by atoms with Crippen LogP contribution in [0.25, 0.3) is 0 Å². The summed E-state index contributed by atoms with van der Waals surface area (Å²) in [6, 6.07) is 18.0. The molecule has 0 spiro atoms. The number of amides is 1.